The van der Waals surface area contributed by atoms with Crippen molar-refractivity contribution in [2.24, 2.45) is 5.41 Å². The predicted octanol–water partition coefficient (Wildman–Crippen LogP) is 5.14. The number of oxazole rings is 1. The van der Waals surface area contributed by atoms with Gasteiger partial charge in [0.25, 0.3) is 5.91 Å². The van der Waals surface area contributed by atoms with Gasteiger partial charge in [-0.2, -0.15) is 0 Å². The molecular formula is C32H36N6O4S. The molecule has 1 aromatic carbocycles. The van der Waals surface area contributed by atoms with Crippen LogP contribution in [0.5, 0.6) is 0 Å². The summed E-state index contributed by atoms with van der Waals surface area (Å²) < 4.78 is 7.58. The maximum absolute atomic E-state index is 13.4. The van der Waals surface area contributed by atoms with Gasteiger partial charge in [0.1, 0.15) is 0 Å². The van der Waals surface area contributed by atoms with Gasteiger partial charge in [-0.15, -0.1) is 11.3 Å². The fraction of sp³-hybridized carbons (Fsp3) is 0.438. The number of hydrogen-bond donors (Lipinski definition) is 3. The molecule has 3 aromatic heterocycles. The molecule has 1 saturated heterocycles. The Hall–Kier alpha value is -3.80. The van der Waals surface area contributed by atoms with Gasteiger partial charge in [0.05, 0.1) is 33.1 Å². The quantitative estimate of drug-likeness (QED) is 0.239. The molecule has 2 saturated carbocycles. The molecule has 11 heteroatoms. The summed E-state index contributed by atoms with van der Waals surface area (Å²) in [6, 6.07) is 10.6. The largest absolute Gasteiger partial charge is 0.443 e. The molecule has 2 aliphatic carbocycles. The maximum atomic E-state index is 13.4. The number of carbonyl (C=O) groups excluding carboxylic acids is 2. The SMILES string of the molecule is C=CC(=O)N1CCC2(CC(n3c(NC(=O)c4ccc(-c5cnco5)s4)nc4cc(CNC5CCC(O)CC5)ccc43)C2)C1. The number of rotatable bonds is 8. The minimum Gasteiger partial charge on any atom is -0.443 e. The van der Waals surface area contributed by atoms with E-state index in [4.69, 9.17) is 9.40 Å². The van der Waals surface area contributed by atoms with Gasteiger partial charge in [0, 0.05) is 31.7 Å². The predicted molar refractivity (Wildman–Crippen MR) is 165 cm³/mol. The first-order valence-corrected chi connectivity index (χ1v) is 15.8. The zero-order chi connectivity index (χ0) is 29.6. The Balaban J connectivity index is 1.13. The van der Waals surface area contributed by atoms with Crippen molar-refractivity contribution in [1.82, 2.24) is 24.8 Å². The van der Waals surface area contributed by atoms with Crippen molar-refractivity contribution in [3.05, 3.63) is 66.0 Å². The number of fused-ring (bicyclic) bond motifs is 1. The molecule has 7 rings (SSSR count). The molecule has 4 heterocycles. The first-order chi connectivity index (χ1) is 20.9. The van der Waals surface area contributed by atoms with Gasteiger partial charge < -0.3 is 24.3 Å². The average Bonchev–Trinajstić information content (AvgIpc) is 3.81. The van der Waals surface area contributed by atoms with Gasteiger partial charge in [-0.3, -0.25) is 14.9 Å². The summed E-state index contributed by atoms with van der Waals surface area (Å²) in [6.45, 7) is 5.88. The Bertz CT molecular complexity index is 1650. The molecule has 0 unspecified atom stereocenters. The molecule has 1 aliphatic heterocycles. The summed E-state index contributed by atoms with van der Waals surface area (Å²) in [5.41, 5.74) is 3.07. The highest BCUT2D eigenvalue weighted by molar-refractivity contribution is 7.17. The van der Waals surface area contributed by atoms with Crippen molar-refractivity contribution < 1.29 is 19.1 Å². The van der Waals surface area contributed by atoms with Gasteiger partial charge in [-0.25, -0.2) is 9.97 Å². The molecule has 1 spiro atoms. The lowest BCUT2D eigenvalue weighted by atomic mass is 9.64. The van der Waals surface area contributed by atoms with Crippen LogP contribution >= 0.6 is 11.3 Å². The molecule has 10 nitrogen and oxygen atoms in total. The number of nitrogens with zero attached hydrogens (tertiary/aromatic N) is 4. The van der Waals surface area contributed by atoms with E-state index in [0.717, 1.165) is 86.1 Å². The normalized spacial score (nSPS) is 25.2. The monoisotopic (exact) mass is 600 g/mol. The Labute approximate surface area is 253 Å². The number of carbonyl (C=O) groups is 2. The first kappa shape index (κ1) is 28.0. The molecule has 3 fully saturated rings. The lowest BCUT2D eigenvalue weighted by molar-refractivity contribution is -0.125. The van der Waals surface area contributed by atoms with Gasteiger partial charge in [-0.1, -0.05) is 12.6 Å². The molecular weight excluding hydrogens is 564 g/mol. The fourth-order valence-electron chi connectivity index (χ4n) is 7.06. The van der Waals surface area contributed by atoms with Crippen LogP contribution in [0, 0.1) is 5.41 Å². The standard InChI is InChI=1S/C32H36N6O4S/c1-2-29(40)37-12-11-32(18-37)14-22(15-32)38-25-8-3-20(16-34-21-4-6-23(39)7-5-21)13-24(25)35-31(38)36-30(41)28-10-9-27(43-28)26-17-33-19-42-26/h2-3,8-10,13,17,19,21-23,34,39H,1,4-7,11-12,14-16,18H2,(H,35,36,41). The van der Waals surface area contributed by atoms with E-state index < -0.39 is 0 Å². The number of thiophene rings is 1. The van der Waals surface area contributed by atoms with Gasteiger partial charge >= 0.3 is 0 Å². The number of likely N-dealkylation sites (tertiary alicyclic amines) is 1. The van der Waals surface area contributed by atoms with Crippen molar-refractivity contribution in [3.8, 4) is 10.6 Å². The smallest absolute Gasteiger partial charge is 0.268 e. The summed E-state index contributed by atoms with van der Waals surface area (Å²) in [7, 11) is 0. The van der Waals surface area contributed by atoms with E-state index in [9.17, 15) is 14.7 Å². The van der Waals surface area contributed by atoms with Gasteiger partial charge in [0.15, 0.2) is 12.2 Å². The maximum Gasteiger partial charge on any atom is 0.268 e. The van der Waals surface area contributed by atoms with Crippen LogP contribution in [0.3, 0.4) is 0 Å². The van der Waals surface area contributed by atoms with E-state index in [1.165, 1.54) is 23.8 Å². The number of nitrogens with one attached hydrogen (secondary N) is 2. The van der Waals surface area contributed by atoms with Crippen molar-refractivity contribution >= 4 is 40.1 Å². The summed E-state index contributed by atoms with van der Waals surface area (Å²) in [4.78, 5) is 37.9. The molecule has 0 bridgehead atoms. The van der Waals surface area contributed by atoms with E-state index >= 15 is 0 Å². The molecule has 3 aliphatic rings. The van der Waals surface area contributed by atoms with Crippen molar-refractivity contribution in [1.29, 1.82) is 0 Å². The number of aromatic nitrogens is 3. The van der Waals surface area contributed by atoms with Crippen LogP contribution in [0.15, 0.2) is 60.0 Å². The molecule has 43 heavy (non-hydrogen) atoms. The second-order valence-electron chi connectivity index (χ2n) is 12.3. The van der Waals surface area contributed by atoms with Crippen molar-refractivity contribution in [2.45, 2.75) is 69.7 Å². The third-order valence-electron chi connectivity index (χ3n) is 9.40. The van der Waals surface area contributed by atoms with E-state index in [2.05, 4.69) is 45.0 Å². The first-order valence-electron chi connectivity index (χ1n) is 15.0. The van der Waals surface area contributed by atoms with Crippen LogP contribution in [0.1, 0.15) is 66.2 Å². The second-order valence-corrected chi connectivity index (χ2v) is 13.4. The summed E-state index contributed by atoms with van der Waals surface area (Å²) in [5.74, 6) is 0.943. The average molecular weight is 601 g/mol. The van der Waals surface area contributed by atoms with Crippen molar-refractivity contribution in [2.75, 3.05) is 18.4 Å². The molecule has 2 amide bonds. The minimum atomic E-state index is -0.216. The van der Waals surface area contributed by atoms with Crippen LogP contribution in [-0.2, 0) is 11.3 Å². The van der Waals surface area contributed by atoms with E-state index in [-0.39, 0.29) is 29.4 Å². The number of amides is 2. The second kappa shape index (κ2) is 11.4. The van der Waals surface area contributed by atoms with Crippen LogP contribution in [-0.4, -0.2) is 61.6 Å². The minimum absolute atomic E-state index is 0.00690. The zero-order valence-electron chi connectivity index (χ0n) is 24.0. The van der Waals surface area contributed by atoms with Gasteiger partial charge in [-0.05, 0) is 86.3 Å². The number of imidazole rings is 1. The number of benzene rings is 1. The molecule has 0 atom stereocenters. The van der Waals surface area contributed by atoms with Crippen LogP contribution in [0.4, 0.5) is 5.95 Å². The Morgan fingerprint density at radius 3 is 2.79 bits per heavy atom. The lowest BCUT2D eigenvalue weighted by Crippen LogP contribution is -2.42. The van der Waals surface area contributed by atoms with Crippen LogP contribution in [0.25, 0.3) is 21.7 Å². The van der Waals surface area contributed by atoms with E-state index in [0.29, 0.717) is 22.6 Å². The number of anilines is 1. The van der Waals surface area contributed by atoms with Crippen LogP contribution in [0.2, 0.25) is 0 Å². The highest BCUT2D eigenvalue weighted by atomic mass is 32.1. The highest BCUT2D eigenvalue weighted by Gasteiger charge is 2.50. The topological polar surface area (TPSA) is 126 Å². The third-order valence-corrected chi connectivity index (χ3v) is 10.5. The molecule has 0 radical (unpaired) electrons. The molecule has 224 valence electrons. The molecule has 4 aromatic rings. The Kier molecular flexibility index (Phi) is 7.40. The third kappa shape index (κ3) is 5.52. The Morgan fingerprint density at radius 2 is 2.02 bits per heavy atom. The highest BCUT2D eigenvalue weighted by Crippen LogP contribution is 2.55. The molecule has 3 N–H and O–H groups in total. The number of hydrogen-bond acceptors (Lipinski definition) is 8. The Morgan fingerprint density at radius 1 is 1.19 bits per heavy atom. The van der Waals surface area contributed by atoms with Gasteiger partial charge in [0.2, 0.25) is 11.9 Å². The van der Waals surface area contributed by atoms with Crippen LogP contribution < -0.4 is 10.6 Å². The number of aliphatic hydroxyl groups excluding tert-OH is 1. The lowest BCUT2D eigenvalue weighted by Gasteiger charge is -2.46. The van der Waals surface area contributed by atoms with Crippen molar-refractivity contribution in [3.63, 3.8) is 0 Å². The number of aliphatic hydroxyl groups is 1. The summed E-state index contributed by atoms with van der Waals surface area (Å²) in [6.07, 6.45) is 10.7. The zero-order valence-corrected chi connectivity index (χ0v) is 24.8. The fourth-order valence-corrected chi connectivity index (χ4v) is 7.91. The van der Waals surface area contributed by atoms with E-state index in [1.54, 1.807) is 12.3 Å². The van der Waals surface area contributed by atoms with E-state index in [1.807, 2.05) is 11.0 Å². The summed E-state index contributed by atoms with van der Waals surface area (Å²) >= 11 is 1.35. The summed E-state index contributed by atoms with van der Waals surface area (Å²) in [5, 5.41) is 16.6.